The van der Waals surface area contributed by atoms with Gasteiger partial charge in [-0.25, -0.2) is 0 Å². The van der Waals surface area contributed by atoms with Crippen LogP contribution in [-0.2, 0) is 6.42 Å². The van der Waals surface area contributed by atoms with Crippen molar-refractivity contribution >= 4 is 11.9 Å². The van der Waals surface area contributed by atoms with E-state index in [4.69, 9.17) is 18.9 Å². The Bertz CT molecular complexity index is 851. The van der Waals surface area contributed by atoms with E-state index in [9.17, 15) is 4.79 Å². The summed E-state index contributed by atoms with van der Waals surface area (Å²) >= 11 is 0. The second kappa shape index (κ2) is 6.89. The van der Waals surface area contributed by atoms with Gasteiger partial charge >= 0.3 is 0 Å². The third-order valence-electron chi connectivity index (χ3n) is 4.30. The molecule has 0 aromatic heterocycles. The number of hydrogen-bond acceptors (Lipinski definition) is 5. The fourth-order valence-corrected chi connectivity index (χ4v) is 2.98. The van der Waals surface area contributed by atoms with Crippen molar-refractivity contribution in [3.05, 3.63) is 52.6 Å². The lowest BCUT2D eigenvalue weighted by atomic mass is 10.1. The number of carbonyl (C=O) groups excluding carboxylic acids is 1. The van der Waals surface area contributed by atoms with E-state index in [0.29, 0.717) is 40.6 Å². The molecule has 130 valence electrons. The lowest BCUT2D eigenvalue weighted by Crippen LogP contribution is -1.98. The van der Waals surface area contributed by atoms with E-state index in [-0.39, 0.29) is 5.78 Å². The van der Waals surface area contributed by atoms with Gasteiger partial charge < -0.3 is 18.9 Å². The molecule has 2 aromatic rings. The molecule has 0 saturated carbocycles. The number of ketones is 1. The minimum Gasteiger partial charge on any atom is -0.497 e. The van der Waals surface area contributed by atoms with Crippen molar-refractivity contribution < 1.29 is 23.7 Å². The molecule has 0 spiro atoms. The molecule has 0 unspecified atom stereocenters. The molecule has 5 nitrogen and oxygen atoms in total. The van der Waals surface area contributed by atoms with E-state index < -0.39 is 0 Å². The Kier molecular flexibility index (Phi) is 4.65. The predicted molar refractivity (Wildman–Crippen MR) is 95.1 cm³/mol. The molecule has 1 aliphatic rings. The van der Waals surface area contributed by atoms with Crippen LogP contribution in [0, 0.1) is 0 Å². The minimum atomic E-state index is -0.00572. The van der Waals surface area contributed by atoms with Crippen LogP contribution in [0.3, 0.4) is 0 Å². The Labute approximate surface area is 146 Å². The van der Waals surface area contributed by atoms with Crippen molar-refractivity contribution in [1.29, 1.82) is 0 Å². The van der Waals surface area contributed by atoms with Crippen molar-refractivity contribution in [3.63, 3.8) is 0 Å². The Balaban J connectivity index is 2.00. The van der Waals surface area contributed by atoms with E-state index in [2.05, 4.69) is 0 Å². The van der Waals surface area contributed by atoms with Gasteiger partial charge in [-0.3, -0.25) is 4.79 Å². The molecule has 0 aliphatic heterocycles. The van der Waals surface area contributed by atoms with Gasteiger partial charge in [-0.1, -0.05) is 0 Å². The molecule has 0 heterocycles. The van der Waals surface area contributed by atoms with E-state index in [0.717, 1.165) is 11.1 Å². The van der Waals surface area contributed by atoms with Gasteiger partial charge in [0, 0.05) is 29.2 Å². The van der Waals surface area contributed by atoms with Crippen molar-refractivity contribution in [2.75, 3.05) is 28.4 Å². The van der Waals surface area contributed by atoms with Crippen LogP contribution in [0.1, 0.15) is 21.5 Å². The fourth-order valence-electron chi connectivity index (χ4n) is 2.98. The summed E-state index contributed by atoms with van der Waals surface area (Å²) < 4.78 is 21.2. The minimum absolute atomic E-state index is 0.00572. The fraction of sp³-hybridized carbons (Fsp3) is 0.250. The number of hydrogen-bond donors (Lipinski definition) is 0. The monoisotopic (exact) mass is 340 g/mol. The number of rotatable bonds is 5. The summed E-state index contributed by atoms with van der Waals surface area (Å²) in [5.74, 6) is 2.53. The first-order chi connectivity index (χ1) is 12.1. The third-order valence-corrected chi connectivity index (χ3v) is 4.30. The Morgan fingerprint density at radius 3 is 2.16 bits per heavy atom. The Morgan fingerprint density at radius 2 is 1.52 bits per heavy atom. The summed E-state index contributed by atoms with van der Waals surface area (Å²) in [4.78, 5) is 12.8. The molecule has 1 aliphatic carbocycles. The Morgan fingerprint density at radius 1 is 0.840 bits per heavy atom. The maximum atomic E-state index is 12.8. The number of methoxy groups -OCH3 is 4. The average Bonchev–Trinajstić information content (AvgIpc) is 2.95. The first kappa shape index (κ1) is 16.9. The number of ether oxygens (including phenoxy) is 4. The van der Waals surface area contributed by atoms with E-state index in [1.165, 1.54) is 0 Å². The average molecular weight is 340 g/mol. The van der Waals surface area contributed by atoms with Crippen molar-refractivity contribution in [2.24, 2.45) is 0 Å². The van der Waals surface area contributed by atoms with Crippen LogP contribution >= 0.6 is 0 Å². The van der Waals surface area contributed by atoms with Crippen LogP contribution in [0.25, 0.3) is 6.08 Å². The molecule has 3 rings (SSSR count). The molecule has 0 N–H and O–H groups in total. The molecule has 0 bridgehead atoms. The number of carbonyl (C=O) groups is 1. The van der Waals surface area contributed by atoms with E-state index in [1.807, 2.05) is 24.3 Å². The SMILES string of the molecule is COc1ccc(/C=C2/Cc3cc(OC)c(OC)cc3C2=O)c(OC)c1. The van der Waals surface area contributed by atoms with E-state index in [1.54, 1.807) is 40.6 Å². The highest BCUT2D eigenvalue weighted by Gasteiger charge is 2.27. The van der Waals surface area contributed by atoms with Crippen molar-refractivity contribution in [2.45, 2.75) is 6.42 Å². The second-order valence-electron chi connectivity index (χ2n) is 5.65. The van der Waals surface area contributed by atoms with Gasteiger partial charge in [0.25, 0.3) is 0 Å². The topological polar surface area (TPSA) is 54.0 Å². The molecular weight excluding hydrogens is 320 g/mol. The summed E-state index contributed by atoms with van der Waals surface area (Å²) in [5.41, 5.74) is 3.12. The first-order valence-electron chi connectivity index (χ1n) is 7.83. The summed E-state index contributed by atoms with van der Waals surface area (Å²) in [6.45, 7) is 0. The molecule has 25 heavy (non-hydrogen) atoms. The van der Waals surface area contributed by atoms with Gasteiger partial charge in [0.05, 0.1) is 28.4 Å². The van der Waals surface area contributed by atoms with Gasteiger partial charge in [0.1, 0.15) is 11.5 Å². The third kappa shape index (κ3) is 3.05. The highest BCUT2D eigenvalue weighted by molar-refractivity contribution is 6.16. The highest BCUT2D eigenvalue weighted by Crippen LogP contribution is 2.37. The van der Waals surface area contributed by atoms with Crippen LogP contribution in [0.15, 0.2) is 35.9 Å². The van der Waals surface area contributed by atoms with Gasteiger partial charge in [0.2, 0.25) is 0 Å². The molecular formula is C20H20O5. The van der Waals surface area contributed by atoms with Gasteiger partial charge in [0.15, 0.2) is 17.3 Å². The molecule has 0 amide bonds. The van der Waals surface area contributed by atoms with Crippen LogP contribution < -0.4 is 18.9 Å². The summed E-state index contributed by atoms with van der Waals surface area (Å²) in [7, 11) is 6.34. The predicted octanol–water partition coefficient (Wildman–Crippen LogP) is 3.54. The van der Waals surface area contributed by atoms with Crippen LogP contribution in [-0.4, -0.2) is 34.2 Å². The number of allylic oxidation sites excluding steroid dienone is 1. The molecule has 0 radical (unpaired) electrons. The Hall–Kier alpha value is -2.95. The van der Waals surface area contributed by atoms with Crippen LogP contribution in [0.4, 0.5) is 0 Å². The lowest BCUT2D eigenvalue weighted by Gasteiger charge is -2.08. The number of benzene rings is 2. The zero-order valence-electron chi connectivity index (χ0n) is 14.7. The van der Waals surface area contributed by atoms with Gasteiger partial charge in [-0.2, -0.15) is 0 Å². The number of Topliss-reactive ketones (excluding diaryl/α,β-unsaturated/α-hetero) is 1. The first-order valence-corrected chi connectivity index (χ1v) is 7.83. The highest BCUT2D eigenvalue weighted by atomic mass is 16.5. The van der Waals surface area contributed by atoms with Gasteiger partial charge in [-0.05, 0) is 35.9 Å². The van der Waals surface area contributed by atoms with Crippen molar-refractivity contribution in [1.82, 2.24) is 0 Å². The number of fused-ring (bicyclic) bond motifs is 1. The van der Waals surface area contributed by atoms with Crippen LogP contribution in [0.2, 0.25) is 0 Å². The van der Waals surface area contributed by atoms with Gasteiger partial charge in [-0.15, -0.1) is 0 Å². The standard InChI is InChI=1S/C20H20O5/c1-22-15-6-5-12(17(10-15)23-2)7-14-8-13-9-18(24-3)19(25-4)11-16(13)20(14)21/h5-7,9-11H,8H2,1-4H3/b14-7-. The lowest BCUT2D eigenvalue weighted by molar-refractivity contribution is 0.104. The zero-order chi connectivity index (χ0) is 18.0. The summed E-state index contributed by atoms with van der Waals surface area (Å²) in [5, 5.41) is 0. The zero-order valence-corrected chi connectivity index (χ0v) is 14.7. The molecule has 0 atom stereocenters. The van der Waals surface area contributed by atoms with Crippen molar-refractivity contribution in [3.8, 4) is 23.0 Å². The molecule has 5 heteroatoms. The maximum Gasteiger partial charge on any atom is 0.189 e. The molecule has 0 fully saturated rings. The normalized spacial score (nSPS) is 14.4. The molecule has 0 saturated heterocycles. The largest absolute Gasteiger partial charge is 0.497 e. The summed E-state index contributed by atoms with van der Waals surface area (Å²) in [6.07, 6.45) is 2.41. The van der Waals surface area contributed by atoms with E-state index >= 15 is 0 Å². The quantitative estimate of drug-likeness (QED) is 0.779. The van der Waals surface area contributed by atoms with Crippen LogP contribution in [0.5, 0.6) is 23.0 Å². The maximum absolute atomic E-state index is 12.8. The smallest absolute Gasteiger partial charge is 0.189 e. The molecule has 2 aromatic carbocycles. The second-order valence-corrected chi connectivity index (χ2v) is 5.65. The summed E-state index contributed by atoms with van der Waals surface area (Å²) in [6, 6.07) is 9.11.